The molecule has 0 unspecified atom stereocenters. The molecular formula is C15H21N3OS. The van der Waals surface area contributed by atoms with Gasteiger partial charge in [-0.3, -0.25) is 9.20 Å². The van der Waals surface area contributed by atoms with Crippen molar-refractivity contribution in [2.24, 2.45) is 0 Å². The van der Waals surface area contributed by atoms with Crippen molar-refractivity contribution in [3.05, 3.63) is 22.1 Å². The number of aromatic nitrogens is 2. The molecule has 2 aromatic rings. The maximum absolute atomic E-state index is 11.6. The van der Waals surface area contributed by atoms with Gasteiger partial charge in [-0.1, -0.05) is 0 Å². The molecule has 1 saturated heterocycles. The molecule has 1 fully saturated rings. The van der Waals surface area contributed by atoms with Gasteiger partial charge < -0.3 is 4.90 Å². The summed E-state index contributed by atoms with van der Waals surface area (Å²) in [5.41, 5.74) is 2.48. The molecule has 0 aromatic carbocycles. The van der Waals surface area contributed by atoms with Crippen LogP contribution in [0.1, 0.15) is 47.8 Å². The number of imidazole rings is 1. The zero-order valence-electron chi connectivity index (χ0n) is 12.6. The molecule has 1 aliphatic rings. The third-order valence-corrected chi connectivity index (χ3v) is 5.56. The lowest BCUT2D eigenvalue weighted by Gasteiger charge is -2.31. The van der Waals surface area contributed by atoms with Gasteiger partial charge in [-0.2, -0.15) is 0 Å². The Morgan fingerprint density at radius 2 is 2.10 bits per heavy atom. The van der Waals surface area contributed by atoms with Crippen molar-refractivity contribution in [2.75, 3.05) is 13.1 Å². The van der Waals surface area contributed by atoms with Crippen LogP contribution < -0.4 is 0 Å². The van der Waals surface area contributed by atoms with Gasteiger partial charge in [0.05, 0.1) is 5.69 Å². The van der Waals surface area contributed by atoms with Crippen LogP contribution in [-0.4, -0.2) is 33.3 Å². The molecular weight excluding hydrogens is 270 g/mol. The maximum atomic E-state index is 11.6. The van der Waals surface area contributed by atoms with Crippen LogP contribution >= 0.6 is 11.3 Å². The second-order valence-corrected chi connectivity index (χ2v) is 6.94. The first-order valence-electron chi connectivity index (χ1n) is 7.19. The minimum atomic E-state index is 0.181. The lowest BCUT2D eigenvalue weighted by atomic mass is 9.95. The summed E-state index contributed by atoms with van der Waals surface area (Å²) in [6, 6.07) is 0. The summed E-state index contributed by atoms with van der Waals surface area (Å²) in [7, 11) is 0. The van der Waals surface area contributed by atoms with Crippen LogP contribution in [-0.2, 0) is 4.79 Å². The molecule has 3 heterocycles. The van der Waals surface area contributed by atoms with E-state index in [0.29, 0.717) is 5.92 Å². The molecule has 108 valence electrons. The van der Waals surface area contributed by atoms with Crippen LogP contribution in [0, 0.1) is 20.8 Å². The van der Waals surface area contributed by atoms with E-state index in [-0.39, 0.29) is 5.91 Å². The number of rotatable bonds is 1. The Hall–Kier alpha value is -1.36. The van der Waals surface area contributed by atoms with Crippen LogP contribution in [0.2, 0.25) is 0 Å². The van der Waals surface area contributed by atoms with E-state index in [2.05, 4.69) is 25.2 Å². The van der Waals surface area contributed by atoms with Crippen molar-refractivity contribution >= 4 is 22.1 Å². The molecule has 5 heteroatoms. The number of thiazole rings is 1. The third kappa shape index (κ3) is 2.04. The summed E-state index contributed by atoms with van der Waals surface area (Å²) < 4.78 is 2.27. The standard InChI is InChI=1S/C15H21N3OS/c1-9-10(2)20-15-14(16-11(3)18(9)15)13-6-5-7-17(8-13)12(4)19/h13H,5-8H2,1-4H3/t13-/m0/s1. The number of hydrogen-bond donors (Lipinski definition) is 0. The summed E-state index contributed by atoms with van der Waals surface area (Å²) >= 11 is 1.83. The minimum absolute atomic E-state index is 0.181. The molecule has 0 aliphatic carbocycles. The van der Waals surface area contributed by atoms with Gasteiger partial charge in [0.15, 0.2) is 0 Å². The molecule has 1 amide bonds. The predicted octanol–water partition coefficient (Wildman–Crippen LogP) is 3.05. The molecule has 3 rings (SSSR count). The third-order valence-electron chi connectivity index (χ3n) is 4.38. The topological polar surface area (TPSA) is 37.6 Å². The molecule has 4 nitrogen and oxygen atoms in total. The van der Waals surface area contributed by atoms with E-state index in [1.807, 2.05) is 16.2 Å². The van der Waals surface area contributed by atoms with E-state index >= 15 is 0 Å². The average molecular weight is 291 g/mol. The van der Waals surface area contributed by atoms with Crippen LogP contribution in [0.3, 0.4) is 0 Å². The SMILES string of the molecule is CC(=O)N1CCC[C@H](c2nc(C)n3c(C)c(C)sc23)C1. The van der Waals surface area contributed by atoms with Gasteiger partial charge in [-0.05, 0) is 33.6 Å². The molecule has 0 spiro atoms. The molecule has 20 heavy (non-hydrogen) atoms. The summed E-state index contributed by atoms with van der Waals surface area (Å²) in [5.74, 6) is 1.63. The van der Waals surface area contributed by atoms with Crippen molar-refractivity contribution in [3.8, 4) is 0 Å². The number of fused-ring (bicyclic) bond motifs is 1. The fourth-order valence-corrected chi connectivity index (χ4v) is 4.36. The smallest absolute Gasteiger partial charge is 0.219 e. The average Bonchev–Trinajstić information content (AvgIpc) is 2.89. The van der Waals surface area contributed by atoms with Crippen LogP contribution in [0.25, 0.3) is 4.83 Å². The minimum Gasteiger partial charge on any atom is -0.342 e. The second-order valence-electron chi connectivity index (χ2n) is 5.73. The van der Waals surface area contributed by atoms with Gasteiger partial charge in [0.1, 0.15) is 10.7 Å². The molecule has 0 N–H and O–H groups in total. The number of nitrogens with zero attached hydrogens (tertiary/aromatic N) is 3. The fraction of sp³-hybridized carbons (Fsp3) is 0.600. The normalized spacial score (nSPS) is 19.8. The molecule has 0 radical (unpaired) electrons. The molecule has 1 atom stereocenters. The lowest BCUT2D eigenvalue weighted by Crippen LogP contribution is -2.37. The number of aryl methyl sites for hydroxylation is 3. The van der Waals surface area contributed by atoms with E-state index in [0.717, 1.165) is 31.8 Å². The lowest BCUT2D eigenvalue weighted by molar-refractivity contribution is -0.130. The van der Waals surface area contributed by atoms with Gasteiger partial charge >= 0.3 is 0 Å². The van der Waals surface area contributed by atoms with Crippen molar-refractivity contribution in [2.45, 2.75) is 46.5 Å². The maximum Gasteiger partial charge on any atom is 0.219 e. The highest BCUT2D eigenvalue weighted by atomic mass is 32.1. The number of carbonyl (C=O) groups is 1. The number of amides is 1. The summed E-state index contributed by atoms with van der Waals surface area (Å²) in [5, 5.41) is 0. The Labute approximate surface area is 123 Å². The number of likely N-dealkylation sites (tertiary alicyclic amines) is 1. The van der Waals surface area contributed by atoms with E-state index in [9.17, 15) is 4.79 Å². The van der Waals surface area contributed by atoms with E-state index < -0.39 is 0 Å². The van der Waals surface area contributed by atoms with Gasteiger partial charge in [0.25, 0.3) is 0 Å². The van der Waals surface area contributed by atoms with Crippen molar-refractivity contribution < 1.29 is 4.79 Å². The quantitative estimate of drug-likeness (QED) is 0.810. The predicted molar refractivity (Wildman–Crippen MR) is 81.5 cm³/mol. The first-order chi connectivity index (χ1) is 9.49. The largest absolute Gasteiger partial charge is 0.342 e. The number of hydrogen-bond acceptors (Lipinski definition) is 3. The summed E-state index contributed by atoms with van der Waals surface area (Å²) in [6.07, 6.45) is 2.21. The van der Waals surface area contributed by atoms with Gasteiger partial charge in [0, 0.05) is 36.5 Å². The first kappa shape index (κ1) is 13.6. The Balaban J connectivity index is 2.02. The highest BCUT2D eigenvalue weighted by Crippen LogP contribution is 2.34. The monoisotopic (exact) mass is 291 g/mol. The van der Waals surface area contributed by atoms with E-state index in [4.69, 9.17) is 4.98 Å². The molecule has 0 saturated carbocycles. The first-order valence-corrected chi connectivity index (χ1v) is 8.01. The number of carbonyl (C=O) groups excluding carboxylic acids is 1. The highest BCUT2D eigenvalue weighted by molar-refractivity contribution is 7.17. The Morgan fingerprint density at radius 3 is 2.80 bits per heavy atom. The van der Waals surface area contributed by atoms with Crippen molar-refractivity contribution in [1.82, 2.24) is 14.3 Å². The fourth-order valence-electron chi connectivity index (χ4n) is 3.16. The van der Waals surface area contributed by atoms with Crippen molar-refractivity contribution in [3.63, 3.8) is 0 Å². The number of piperidine rings is 1. The summed E-state index contributed by atoms with van der Waals surface area (Å²) in [4.78, 5) is 21.0. The van der Waals surface area contributed by atoms with Crippen LogP contribution in [0.15, 0.2) is 0 Å². The van der Waals surface area contributed by atoms with E-state index in [1.54, 1.807) is 6.92 Å². The summed E-state index contributed by atoms with van der Waals surface area (Å²) in [6.45, 7) is 9.76. The van der Waals surface area contributed by atoms with Gasteiger partial charge in [0.2, 0.25) is 5.91 Å². The Kier molecular flexibility index (Phi) is 3.32. The zero-order valence-corrected chi connectivity index (χ0v) is 13.4. The van der Waals surface area contributed by atoms with Crippen LogP contribution in [0.4, 0.5) is 0 Å². The molecule has 0 bridgehead atoms. The Bertz CT molecular complexity index is 670. The van der Waals surface area contributed by atoms with Crippen LogP contribution in [0.5, 0.6) is 0 Å². The van der Waals surface area contributed by atoms with Crippen molar-refractivity contribution in [1.29, 1.82) is 0 Å². The molecule has 1 aliphatic heterocycles. The second kappa shape index (κ2) is 4.88. The highest BCUT2D eigenvalue weighted by Gasteiger charge is 2.27. The zero-order chi connectivity index (χ0) is 14.4. The Morgan fingerprint density at radius 1 is 1.35 bits per heavy atom. The van der Waals surface area contributed by atoms with E-state index in [1.165, 1.54) is 21.1 Å². The molecule has 2 aromatic heterocycles. The van der Waals surface area contributed by atoms with Gasteiger partial charge in [-0.25, -0.2) is 4.98 Å². The van der Waals surface area contributed by atoms with Gasteiger partial charge in [-0.15, -0.1) is 11.3 Å².